The molecule has 1 amide bonds. The van der Waals surface area contributed by atoms with E-state index in [0.29, 0.717) is 17.2 Å². The Hall–Kier alpha value is -2.44. The molecule has 1 atom stereocenters. The van der Waals surface area contributed by atoms with E-state index in [0.717, 1.165) is 37.2 Å². The lowest BCUT2D eigenvalue weighted by Gasteiger charge is -2.33. The highest BCUT2D eigenvalue weighted by Gasteiger charge is 2.45. The van der Waals surface area contributed by atoms with Gasteiger partial charge >= 0.3 is 6.01 Å². The van der Waals surface area contributed by atoms with Crippen LogP contribution in [0.1, 0.15) is 57.1 Å². The van der Waals surface area contributed by atoms with Crippen molar-refractivity contribution in [3.8, 4) is 11.5 Å². The predicted molar refractivity (Wildman–Crippen MR) is 100 cm³/mol. The molecule has 0 radical (unpaired) electrons. The summed E-state index contributed by atoms with van der Waals surface area (Å²) >= 11 is 0. The average Bonchev–Trinajstić information content (AvgIpc) is 3.62. The number of rotatable bonds is 5. The number of piperidine rings is 1. The first-order chi connectivity index (χ1) is 13.1. The largest absolute Gasteiger partial charge is 0.403 e. The molecule has 27 heavy (non-hydrogen) atoms. The maximum Gasteiger partial charge on any atom is 0.316 e. The summed E-state index contributed by atoms with van der Waals surface area (Å²) in [6.45, 7) is 3.57. The van der Waals surface area contributed by atoms with E-state index in [1.165, 1.54) is 25.7 Å². The van der Waals surface area contributed by atoms with E-state index in [-0.39, 0.29) is 18.0 Å². The van der Waals surface area contributed by atoms with Gasteiger partial charge in [0.25, 0.3) is 5.89 Å². The molecule has 2 saturated carbocycles. The Kier molecular flexibility index (Phi) is 3.91. The normalized spacial score (nSPS) is 21.9. The zero-order chi connectivity index (χ0) is 18.4. The van der Waals surface area contributed by atoms with Crippen LogP contribution in [0.3, 0.4) is 0 Å². The summed E-state index contributed by atoms with van der Waals surface area (Å²) in [7, 11) is 0. The minimum Gasteiger partial charge on any atom is -0.403 e. The van der Waals surface area contributed by atoms with Gasteiger partial charge in [0.05, 0.1) is 5.56 Å². The van der Waals surface area contributed by atoms with E-state index < -0.39 is 0 Å². The second-order valence-electron chi connectivity index (χ2n) is 8.35. The lowest BCUT2D eigenvalue weighted by molar-refractivity contribution is -0.133. The molecular weight excluding hydrogens is 342 g/mol. The first kappa shape index (κ1) is 16.7. The molecule has 5 rings (SSSR count). The van der Waals surface area contributed by atoms with Gasteiger partial charge in [-0.1, -0.05) is 5.10 Å². The van der Waals surface area contributed by atoms with Crippen LogP contribution in [0.25, 0.3) is 11.5 Å². The lowest BCUT2D eigenvalue weighted by atomic mass is 9.93. The van der Waals surface area contributed by atoms with Crippen LogP contribution in [-0.2, 0) is 4.79 Å². The quantitative estimate of drug-likeness (QED) is 0.873. The standard InChI is InChI=1S/C20H25N5O2/c1-13(18(26)25-10-8-20(6-7-20)9-11-25)22-19-24-23-17(27-19)15-4-5-16(21-12-15)14-2-3-14/h4-5,12-14H,2-3,6-11H2,1H3,(H,22,24)/t13-/m1/s1. The van der Waals surface area contributed by atoms with Crippen LogP contribution in [0.15, 0.2) is 22.7 Å². The summed E-state index contributed by atoms with van der Waals surface area (Å²) in [5.41, 5.74) is 2.49. The number of likely N-dealkylation sites (tertiary alicyclic amines) is 1. The number of aromatic nitrogens is 3. The number of nitrogens with one attached hydrogen (secondary N) is 1. The van der Waals surface area contributed by atoms with Gasteiger partial charge in [0.15, 0.2) is 0 Å². The molecule has 3 aliphatic rings. The van der Waals surface area contributed by atoms with Crippen molar-refractivity contribution in [2.24, 2.45) is 5.41 Å². The zero-order valence-corrected chi connectivity index (χ0v) is 15.6. The number of hydrogen-bond acceptors (Lipinski definition) is 6. The van der Waals surface area contributed by atoms with Crippen LogP contribution in [0.4, 0.5) is 6.01 Å². The second kappa shape index (κ2) is 6.32. The molecule has 0 aromatic carbocycles. The third kappa shape index (κ3) is 3.42. The number of nitrogens with zero attached hydrogens (tertiary/aromatic N) is 4. The topological polar surface area (TPSA) is 84.1 Å². The molecule has 1 aliphatic heterocycles. The van der Waals surface area contributed by atoms with Gasteiger partial charge in [-0.15, -0.1) is 5.10 Å². The van der Waals surface area contributed by atoms with Crippen LogP contribution in [0.2, 0.25) is 0 Å². The molecule has 142 valence electrons. The van der Waals surface area contributed by atoms with E-state index in [9.17, 15) is 4.79 Å². The first-order valence-electron chi connectivity index (χ1n) is 9.97. The number of carbonyl (C=O) groups excluding carboxylic acids is 1. The van der Waals surface area contributed by atoms with Crippen LogP contribution in [-0.4, -0.2) is 45.1 Å². The average molecular weight is 367 g/mol. The van der Waals surface area contributed by atoms with Crippen LogP contribution in [0, 0.1) is 5.41 Å². The molecule has 2 aliphatic carbocycles. The SMILES string of the molecule is C[C@@H](Nc1nnc(-c2ccc(C3CC3)nc2)o1)C(=O)N1CCC2(CC1)CC2. The van der Waals surface area contributed by atoms with Crippen molar-refractivity contribution in [3.63, 3.8) is 0 Å². The molecule has 1 spiro atoms. The molecule has 1 saturated heterocycles. The molecular formula is C20H25N5O2. The summed E-state index contributed by atoms with van der Waals surface area (Å²) in [5.74, 6) is 1.14. The Bertz CT molecular complexity index is 828. The van der Waals surface area contributed by atoms with Crippen molar-refractivity contribution < 1.29 is 9.21 Å². The van der Waals surface area contributed by atoms with Gasteiger partial charge in [-0.3, -0.25) is 9.78 Å². The monoisotopic (exact) mass is 367 g/mol. The lowest BCUT2D eigenvalue weighted by Crippen LogP contribution is -2.45. The van der Waals surface area contributed by atoms with Gasteiger partial charge in [0, 0.05) is 30.9 Å². The van der Waals surface area contributed by atoms with Crippen LogP contribution in [0.5, 0.6) is 0 Å². The summed E-state index contributed by atoms with van der Waals surface area (Å²) in [5, 5.41) is 11.2. The number of anilines is 1. The first-order valence-corrected chi connectivity index (χ1v) is 9.97. The highest BCUT2D eigenvalue weighted by molar-refractivity contribution is 5.83. The summed E-state index contributed by atoms with van der Waals surface area (Å²) < 4.78 is 5.69. The van der Waals surface area contributed by atoms with E-state index in [1.54, 1.807) is 6.20 Å². The Morgan fingerprint density at radius 3 is 2.63 bits per heavy atom. The summed E-state index contributed by atoms with van der Waals surface area (Å²) in [4.78, 5) is 19.1. The zero-order valence-electron chi connectivity index (χ0n) is 15.6. The molecule has 2 aromatic rings. The summed E-state index contributed by atoms with van der Waals surface area (Å²) in [6, 6.07) is 3.88. The molecule has 7 nitrogen and oxygen atoms in total. The van der Waals surface area contributed by atoms with Gasteiger partial charge < -0.3 is 14.6 Å². The van der Waals surface area contributed by atoms with Crippen molar-refractivity contribution in [1.29, 1.82) is 0 Å². The highest BCUT2D eigenvalue weighted by atomic mass is 16.4. The fraction of sp³-hybridized carbons (Fsp3) is 0.600. The maximum atomic E-state index is 12.7. The van der Waals surface area contributed by atoms with Crippen molar-refractivity contribution >= 4 is 11.9 Å². The minimum atomic E-state index is -0.387. The van der Waals surface area contributed by atoms with E-state index in [1.807, 2.05) is 24.0 Å². The molecule has 3 fully saturated rings. The predicted octanol–water partition coefficient (Wildman–Crippen LogP) is 3.21. The third-order valence-electron chi connectivity index (χ3n) is 6.26. The van der Waals surface area contributed by atoms with Crippen molar-refractivity contribution in [1.82, 2.24) is 20.1 Å². The van der Waals surface area contributed by atoms with E-state index in [4.69, 9.17) is 4.42 Å². The fourth-order valence-electron chi connectivity index (χ4n) is 3.95. The number of carbonyl (C=O) groups is 1. The molecule has 7 heteroatoms. The minimum absolute atomic E-state index is 0.0979. The molecule has 0 unspecified atom stereocenters. The number of amides is 1. The number of hydrogen-bond donors (Lipinski definition) is 1. The van der Waals surface area contributed by atoms with Gasteiger partial charge in [-0.2, -0.15) is 0 Å². The second-order valence-corrected chi connectivity index (χ2v) is 8.35. The van der Waals surface area contributed by atoms with Gasteiger partial charge in [0.1, 0.15) is 6.04 Å². The van der Waals surface area contributed by atoms with E-state index >= 15 is 0 Å². The Balaban J connectivity index is 1.20. The Morgan fingerprint density at radius 2 is 2.00 bits per heavy atom. The number of pyridine rings is 1. The molecule has 0 bridgehead atoms. The van der Waals surface area contributed by atoms with Crippen molar-refractivity contribution in [2.75, 3.05) is 18.4 Å². The Labute approximate surface area is 158 Å². The smallest absolute Gasteiger partial charge is 0.316 e. The fourth-order valence-corrected chi connectivity index (χ4v) is 3.95. The molecule has 3 heterocycles. The third-order valence-corrected chi connectivity index (χ3v) is 6.26. The van der Waals surface area contributed by atoms with Crippen molar-refractivity contribution in [2.45, 2.75) is 57.4 Å². The van der Waals surface area contributed by atoms with Gasteiger partial charge in [-0.05, 0) is 63.0 Å². The molecule has 1 N–H and O–H groups in total. The van der Waals surface area contributed by atoms with Gasteiger partial charge in [-0.25, -0.2) is 0 Å². The Morgan fingerprint density at radius 1 is 1.22 bits per heavy atom. The summed E-state index contributed by atoms with van der Waals surface area (Å²) in [6.07, 6.45) is 9.19. The van der Waals surface area contributed by atoms with E-state index in [2.05, 4.69) is 20.5 Å². The highest BCUT2D eigenvalue weighted by Crippen LogP contribution is 2.53. The maximum absolute atomic E-state index is 12.7. The molecule has 2 aromatic heterocycles. The van der Waals surface area contributed by atoms with Crippen LogP contribution >= 0.6 is 0 Å². The van der Waals surface area contributed by atoms with Crippen molar-refractivity contribution in [3.05, 3.63) is 24.0 Å². The van der Waals surface area contributed by atoms with Gasteiger partial charge in [0.2, 0.25) is 5.91 Å². The van der Waals surface area contributed by atoms with Crippen LogP contribution < -0.4 is 5.32 Å².